The first-order valence-electron chi connectivity index (χ1n) is 9.86. The van der Waals surface area contributed by atoms with E-state index >= 15 is 0 Å². The van der Waals surface area contributed by atoms with E-state index in [4.69, 9.17) is 9.26 Å². The Kier molecular flexibility index (Phi) is 5.69. The molecule has 1 aromatic carbocycles. The normalized spacial score (nSPS) is 11.0. The Bertz CT molecular complexity index is 1170. The van der Waals surface area contributed by atoms with Gasteiger partial charge in [-0.25, -0.2) is 0 Å². The summed E-state index contributed by atoms with van der Waals surface area (Å²) in [4.78, 5) is 17.0. The minimum atomic E-state index is -0.235. The van der Waals surface area contributed by atoms with E-state index in [0.717, 1.165) is 18.4 Å². The maximum absolute atomic E-state index is 12.6. The first-order chi connectivity index (χ1) is 14.7. The molecule has 0 bridgehead atoms. The van der Waals surface area contributed by atoms with Crippen LogP contribution in [0.4, 0.5) is 0 Å². The van der Waals surface area contributed by atoms with Crippen LogP contribution in [0.1, 0.15) is 42.3 Å². The highest BCUT2D eigenvalue weighted by molar-refractivity contribution is 5.96. The van der Waals surface area contributed by atoms with Gasteiger partial charge in [0.15, 0.2) is 17.3 Å². The van der Waals surface area contributed by atoms with Crippen LogP contribution in [-0.4, -0.2) is 37.3 Å². The molecule has 9 nitrogen and oxygen atoms in total. The molecule has 0 spiro atoms. The fourth-order valence-electron chi connectivity index (χ4n) is 3.08. The van der Waals surface area contributed by atoms with E-state index in [1.165, 1.54) is 0 Å². The van der Waals surface area contributed by atoms with Gasteiger partial charge in [0.1, 0.15) is 5.75 Å². The number of fused-ring (bicyclic) bond motifs is 1. The minimum Gasteiger partial charge on any atom is -0.493 e. The summed E-state index contributed by atoms with van der Waals surface area (Å²) in [6.07, 6.45) is 3.54. The molecule has 0 aliphatic rings. The number of nitrogens with one attached hydrogen (secondary N) is 1. The molecule has 0 unspecified atom stereocenters. The van der Waals surface area contributed by atoms with Crippen molar-refractivity contribution < 1.29 is 14.1 Å². The average Bonchev–Trinajstić information content (AvgIpc) is 3.39. The van der Waals surface area contributed by atoms with Gasteiger partial charge in [-0.05, 0) is 37.6 Å². The van der Waals surface area contributed by atoms with Crippen molar-refractivity contribution in [1.29, 1.82) is 0 Å². The largest absolute Gasteiger partial charge is 0.493 e. The van der Waals surface area contributed by atoms with Gasteiger partial charge in [0.05, 0.1) is 18.7 Å². The SMILES string of the molecule is CCCc1noc(-c2ccn3c(CNC(=O)c4ccccc4OCC)nnc3c2)n1. The Morgan fingerprint density at radius 3 is 2.90 bits per heavy atom. The average molecular weight is 406 g/mol. The lowest BCUT2D eigenvalue weighted by Crippen LogP contribution is -2.24. The minimum absolute atomic E-state index is 0.223. The molecule has 154 valence electrons. The second-order valence-corrected chi connectivity index (χ2v) is 6.64. The fourth-order valence-corrected chi connectivity index (χ4v) is 3.08. The number of para-hydroxylation sites is 1. The van der Waals surface area contributed by atoms with Crippen molar-refractivity contribution in [3.8, 4) is 17.2 Å². The molecule has 0 radical (unpaired) electrons. The topological polar surface area (TPSA) is 107 Å². The number of hydrogen-bond donors (Lipinski definition) is 1. The van der Waals surface area contributed by atoms with E-state index in [1.807, 2.05) is 35.7 Å². The monoisotopic (exact) mass is 406 g/mol. The quantitative estimate of drug-likeness (QED) is 0.479. The molecule has 0 saturated heterocycles. The van der Waals surface area contributed by atoms with Gasteiger partial charge in [-0.3, -0.25) is 9.20 Å². The Morgan fingerprint density at radius 2 is 2.07 bits per heavy atom. The van der Waals surface area contributed by atoms with Gasteiger partial charge in [-0.2, -0.15) is 4.98 Å². The zero-order valence-corrected chi connectivity index (χ0v) is 16.8. The summed E-state index contributed by atoms with van der Waals surface area (Å²) in [5.41, 5.74) is 1.88. The Balaban J connectivity index is 1.49. The molecule has 3 heterocycles. The van der Waals surface area contributed by atoms with Crippen molar-refractivity contribution in [2.24, 2.45) is 0 Å². The van der Waals surface area contributed by atoms with Gasteiger partial charge in [-0.1, -0.05) is 24.2 Å². The van der Waals surface area contributed by atoms with Crippen LogP contribution in [0.15, 0.2) is 47.1 Å². The lowest BCUT2D eigenvalue weighted by atomic mass is 10.2. The summed E-state index contributed by atoms with van der Waals surface area (Å²) in [5.74, 6) is 2.06. The van der Waals surface area contributed by atoms with Gasteiger partial charge < -0.3 is 14.6 Å². The van der Waals surface area contributed by atoms with E-state index in [1.54, 1.807) is 18.2 Å². The number of ether oxygens (including phenoxy) is 1. The third kappa shape index (κ3) is 4.00. The van der Waals surface area contributed by atoms with Crippen LogP contribution >= 0.6 is 0 Å². The van der Waals surface area contributed by atoms with Crippen LogP contribution in [-0.2, 0) is 13.0 Å². The highest BCUT2D eigenvalue weighted by Gasteiger charge is 2.15. The number of hydrogen-bond acceptors (Lipinski definition) is 7. The summed E-state index contributed by atoms with van der Waals surface area (Å²) < 4.78 is 12.7. The molecule has 0 saturated carbocycles. The lowest BCUT2D eigenvalue weighted by molar-refractivity contribution is 0.0946. The van der Waals surface area contributed by atoms with E-state index in [9.17, 15) is 4.79 Å². The molecular weight excluding hydrogens is 384 g/mol. The summed E-state index contributed by atoms with van der Waals surface area (Å²) in [7, 11) is 0. The lowest BCUT2D eigenvalue weighted by Gasteiger charge is -2.10. The number of benzene rings is 1. The number of nitrogens with zero attached hydrogens (tertiary/aromatic N) is 5. The van der Waals surface area contributed by atoms with Crippen molar-refractivity contribution in [3.05, 3.63) is 59.8 Å². The highest BCUT2D eigenvalue weighted by Crippen LogP contribution is 2.20. The third-order valence-electron chi connectivity index (χ3n) is 4.51. The van der Waals surface area contributed by atoms with E-state index < -0.39 is 0 Å². The first-order valence-corrected chi connectivity index (χ1v) is 9.86. The van der Waals surface area contributed by atoms with Crippen LogP contribution in [0, 0.1) is 0 Å². The molecule has 30 heavy (non-hydrogen) atoms. The fraction of sp³-hybridized carbons (Fsp3) is 0.286. The second-order valence-electron chi connectivity index (χ2n) is 6.64. The van der Waals surface area contributed by atoms with Gasteiger partial charge >= 0.3 is 0 Å². The zero-order valence-electron chi connectivity index (χ0n) is 16.8. The molecular formula is C21H22N6O3. The molecule has 0 atom stereocenters. The number of pyridine rings is 1. The summed E-state index contributed by atoms with van der Waals surface area (Å²) in [5, 5.41) is 15.2. The first kappa shape index (κ1) is 19.6. The van der Waals surface area contributed by atoms with E-state index in [2.05, 4.69) is 32.6 Å². The molecule has 0 fully saturated rings. The van der Waals surface area contributed by atoms with E-state index in [0.29, 0.717) is 41.1 Å². The third-order valence-corrected chi connectivity index (χ3v) is 4.51. The van der Waals surface area contributed by atoms with Crippen LogP contribution in [0.2, 0.25) is 0 Å². The molecule has 9 heteroatoms. The summed E-state index contributed by atoms with van der Waals surface area (Å²) in [6, 6.07) is 10.8. The molecule has 4 rings (SSSR count). The Morgan fingerprint density at radius 1 is 1.20 bits per heavy atom. The number of aryl methyl sites for hydroxylation is 1. The number of aromatic nitrogens is 5. The van der Waals surface area contributed by atoms with Gasteiger partial charge in [0.2, 0.25) is 0 Å². The number of amides is 1. The Labute approximate surface area is 173 Å². The summed E-state index contributed by atoms with van der Waals surface area (Å²) in [6.45, 7) is 4.65. The maximum Gasteiger partial charge on any atom is 0.258 e. The van der Waals surface area contributed by atoms with Gasteiger partial charge in [0.25, 0.3) is 11.8 Å². The standard InChI is InChI=1S/C21H22N6O3/c1-3-7-17-23-21(30-26-17)14-10-11-27-18(12-14)24-25-19(27)13-22-20(28)15-8-5-6-9-16(15)29-4-2/h5-6,8-12H,3-4,7,13H2,1-2H3,(H,22,28). The second kappa shape index (κ2) is 8.73. The van der Waals surface area contributed by atoms with E-state index in [-0.39, 0.29) is 12.5 Å². The number of rotatable bonds is 8. The van der Waals surface area contributed by atoms with Crippen LogP contribution in [0.25, 0.3) is 17.1 Å². The van der Waals surface area contributed by atoms with Gasteiger partial charge in [0, 0.05) is 18.2 Å². The Hall–Kier alpha value is -3.75. The predicted octanol–water partition coefficient (Wildman–Crippen LogP) is 3.06. The molecule has 1 N–H and O–H groups in total. The smallest absolute Gasteiger partial charge is 0.258 e. The van der Waals surface area contributed by atoms with Crippen LogP contribution in [0.5, 0.6) is 5.75 Å². The van der Waals surface area contributed by atoms with Gasteiger partial charge in [-0.15, -0.1) is 10.2 Å². The molecule has 0 aliphatic carbocycles. The molecule has 3 aromatic heterocycles. The van der Waals surface area contributed by atoms with Crippen molar-refractivity contribution in [3.63, 3.8) is 0 Å². The molecule has 0 aliphatic heterocycles. The van der Waals surface area contributed by atoms with Crippen LogP contribution in [0.3, 0.4) is 0 Å². The van der Waals surface area contributed by atoms with Crippen molar-refractivity contribution in [2.45, 2.75) is 33.2 Å². The number of carbonyl (C=O) groups excluding carboxylic acids is 1. The number of carbonyl (C=O) groups is 1. The highest BCUT2D eigenvalue weighted by atomic mass is 16.5. The van der Waals surface area contributed by atoms with Crippen molar-refractivity contribution in [1.82, 2.24) is 30.1 Å². The predicted molar refractivity (Wildman–Crippen MR) is 109 cm³/mol. The van der Waals surface area contributed by atoms with Crippen LogP contribution < -0.4 is 10.1 Å². The molecule has 4 aromatic rings. The van der Waals surface area contributed by atoms with Crippen molar-refractivity contribution >= 4 is 11.6 Å². The van der Waals surface area contributed by atoms with Crippen molar-refractivity contribution in [2.75, 3.05) is 6.61 Å². The summed E-state index contributed by atoms with van der Waals surface area (Å²) >= 11 is 0. The molecule has 1 amide bonds. The zero-order chi connectivity index (χ0) is 20.9. The maximum atomic E-state index is 12.6.